The Hall–Kier alpha value is -2.63. The van der Waals surface area contributed by atoms with E-state index in [2.05, 4.69) is 15.8 Å². The SMILES string of the molecule is Cc1noc(C)c1C(C)CC(=O)NC(C)(C)C(=O)Nc1ccccc1. The molecular formula is C19H25N3O3. The van der Waals surface area contributed by atoms with E-state index in [0.29, 0.717) is 5.69 Å². The third-order valence-electron chi connectivity index (χ3n) is 4.12. The summed E-state index contributed by atoms with van der Waals surface area (Å²) in [5.74, 6) is 0.218. The van der Waals surface area contributed by atoms with Crippen LogP contribution in [-0.2, 0) is 9.59 Å². The van der Waals surface area contributed by atoms with Gasteiger partial charge in [-0.3, -0.25) is 9.59 Å². The second kappa shape index (κ2) is 7.51. The molecule has 2 N–H and O–H groups in total. The van der Waals surface area contributed by atoms with Gasteiger partial charge in [-0.05, 0) is 45.7 Å². The van der Waals surface area contributed by atoms with Crippen molar-refractivity contribution in [3.8, 4) is 0 Å². The number of para-hydroxylation sites is 1. The number of hydrogen-bond donors (Lipinski definition) is 2. The van der Waals surface area contributed by atoms with E-state index < -0.39 is 5.54 Å². The predicted octanol–water partition coefficient (Wildman–Crippen LogP) is 3.32. The summed E-state index contributed by atoms with van der Waals surface area (Å²) in [6.07, 6.45) is 0.255. The molecule has 0 aliphatic carbocycles. The normalized spacial score (nSPS) is 12.5. The van der Waals surface area contributed by atoms with E-state index in [0.717, 1.165) is 17.0 Å². The molecule has 25 heavy (non-hydrogen) atoms. The van der Waals surface area contributed by atoms with Crippen LogP contribution in [0.1, 0.15) is 50.1 Å². The minimum atomic E-state index is -1.02. The van der Waals surface area contributed by atoms with Gasteiger partial charge >= 0.3 is 0 Å². The van der Waals surface area contributed by atoms with Gasteiger partial charge in [0.15, 0.2) is 0 Å². The van der Waals surface area contributed by atoms with Crippen LogP contribution in [0.15, 0.2) is 34.9 Å². The molecule has 6 nitrogen and oxygen atoms in total. The van der Waals surface area contributed by atoms with Gasteiger partial charge in [0.05, 0.1) is 5.69 Å². The van der Waals surface area contributed by atoms with Gasteiger partial charge in [0.1, 0.15) is 11.3 Å². The van der Waals surface area contributed by atoms with E-state index in [1.165, 1.54) is 0 Å². The summed E-state index contributed by atoms with van der Waals surface area (Å²) in [7, 11) is 0. The average Bonchev–Trinajstić information content (AvgIpc) is 2.86. The van der Waals surface area contributed by atoms with Gasteiger partial charge in [-0.15, -0.1) is 0 Å². The number of carbonyl (C=O) groups is 2. The smallest absolute Gasteiger partial charge is 0.249 e. The molecule has 2 rings (SSSR count). The average molecular weight is 343 g/mol. The van der Waals surface area contributed by atoms with Crippen molar-refractivity contribution in [3.05, 3.63) is 47.3 Å². The van der Waals surface area contributed by atoms with Gasteiger partial charge in [0.2, 0.25) is 11.8 Å². The molecule has 0 aliphatic heterocycles. The standard InChI is InChI=1S/C19H25N3O3/c1-12(17-13(2)22-25-14(17)3)11-16(23)21-19(4,5)18(24)20-15-9-7-6-8-10-15/h6-10,12H,11H2,1-5H3,(H,20,24)(H,21,23). The fourth-order valence-electron chi connectivity index (χ4n) is 2.84. The molecule has 0 saturated heterocycles. The monoisotopic (exact) mass is 343 g/mol. The Morgan fingerprint density at radius 1 is 1.20 bits per heavy atom. The zero-order valence-electron chi connectivity index (χ0n) is 15.3. The number of benzene rings is 1. The third-order valence-corrected chi connectivity index (χ3v) is 4.12. The molecule has 1 aromatic carbocycles. The van der Waals surface area contributed by atoms with E-state index >= 15 is 0 Å². The summed E-state index contributed by atoms with van der Waals surface area (Å²) in [6.45, 7) is 9.01. The number of carbonyl (C=O) groups excluding carboxylic acids is 2. The van der Waals surface area contributed by atoms with Gasteiger partial charge in [-0.1, -0.05) is 30.3 Å². The van der Waals surface area contributed by atoms with E-state index in [9.17, 15) is 9.59 Å². The number of rotatable bonds is 6. The van der Waals surface area contributed by atoms with Gasteiger partial charge in [0.25, 0.3) is 0 Å². The second-order valence-electron chi connectivity index (χ2n) is 6.84. The molecule has 1 aromatic heterocycles. The number of anilines is 1. The van der Waals surface area contributed by atoms with E-state index in [1.807, 2.05) is 39.0 Å². The maximum Gasteiger partial charge on any atom is 0.249 e. The summed E-state index contributed by atoms with van der Waals surface area (Å²) < 4.78 is 5.16. The summed E-state index contributed by atoms with van der Waals surface area (Å²) in [5, 5.41) is 9.54. The first-order valence-electron chi connectivity index (χ1n) is 8.31. The maximum atomic E-state index is 12.4. The molecule has 6 heteroatoms. The molecule has 2 aromatic rings. The van der Waals surface area contributed by atoms with Crippen molar-refractivity contribution in [1.29, 1.82) is 0 Å². The van der Waals surface area contributed by atoms with Crippen molar-refractivity contribution < 1.29 is 14.1 Å². The van der Waals surface area contributed by atoms with Crippen LogP contribution in [0.4, 0.5) is 5.69 Å². The van der Waals surface area contributed by atoms with Crippen LogP contribution in [-0.4, -0.2) is 22.5 Å². The molecule has 0 fully saturated rings. The van der Waals surface area contributed by atoms with Crippen LogP contribution in [0.25, 0.3) is 0 Å². The Bertz CT molecular complexity index is 731. The largest absolute Gasteiger partial charge is 0.361 e. The van der Waals surface area contributed by atoms with Crippen molar-refractivity contribution in [2.75, 3.05) is 5.32 Å². The quantitative estimate of drug-likeness (QED) is 0.843. The molecule has 134 valence electrons. The van der Waals surface area contributed by atoms with Crippen LogP contribution in [0.5, 0.6) is 0 Å². The van der Waals surface area contributed by atoms with Gasteiger partial charge < -0.3 is 15.2 Å². The molecule has 1 unspecified atom stereocenters. The Labute approximate surface area is 148 Å². The number of aromatic nitrogens is 1. The van der Waals surface area contributed by atoms with Crippen molar-refractivity contribution in [2.45, 2.75) is 52.5 Å². The lowest BCUT2D eigenvalue weighted by molar-refractivity contribution is -0.129. The minimum absolute atomic E-state index is 0.0424. The van der Waals surface area contributed by atoms with E-state index in [4.69, 9.17) is 4.52 Å². The number of aryl methyl sites for hydroxylation is 2. The zero-order valence-corrected chi connectivity index (χ0v) is 15.3. The fourth-order valence-corrected chi connectivity index (χ4v) is 2.84. The van der Waals surface area contributed by atoms with Gasteiger partial charge in [0, 0.05) is 17.7 Å². The van der Waals surface area contributed by atoms with Crippen molar-refractivity contribution in [1.82, 2.24) is 10.5 Å². The van der Waals surface area contributed by atoms with Crippen LogP contribution in [0, 0.1) is 13.8 Å². The molecule has 1 atom stereocenters. The summed E-state index contributed by atoms with van der Waals surface area (Å²) >= 11 is 0. The fraction of sp³-hybridized carbons (Fsp3) is 0.421. The van der Waals surface area contributed by atoms with E-state index in [-0.39, 0.29) is 24.2 Å². The first-order valence-corrected chi connectivity index (χ1v) is 8.31. The lowest BCUT2D eigenvalue weighted by Crippen LogP contribution is -2.52. The van der Waals surface area contributed by atoms with Crippen molar-refractivity contribution >= 4 is 17.5 Å². The summed E-state index contributed by atoms with van der Waals surface area (Å²) in [5.41, 5.74) is 1.41. The zero-order chi connectivity index (χ0) is 18.6. The number of amides is 2. The highest BCUT2D eigenvalue weighted by atomic mass is 16.5. The second-order valence-corrected chi connectivity index (χ2v) is 6.84. The van der Waals surface area contributed by atoms with Crippen molar-refractivity contribution in [3.63, 3.8) is 0 Å². The molecule has 0 bridgehead atoms. The minimum Gasteiger partial charge on any atom is -0.361 e. The highest BCUT2D eigenvalue weighted by Gasteiger charge is 2.30. The number of hydrogen-bond acceptors (Lipinski definition) is 4. The van der Waals surface area contributed by atoms with Gasteiger partial charge in [-0.2, -0.15) is 0 Å². The molecule has 0 radical (unpaired) electrons. The van der Waals surface area contributed by atoms with E-state index in [1.54, 1.807) is 26.0 Å². The molecular weight excluding hydrogens is 318 g/mol. The first kappa shape index (κ1) is 18.7. The summed E-state index contributed by atoms with van der Waals surface area (Å²) in [6, 6.07) is 9.16. The van der Waals surface area contributed by atoms with Crippen molar-refractivity contribution in [2.24, 2.45) is 0 Å². The Morgan fingerprint density at radius 2 is 1.84 bits per heavy atom. The number of nitrogens with one attached hydrogen (secondary N) is 2. The van der Waals surface area contributed by atoms with Crippen LogP contribution in [0.3, 0.4) is 0 Å². The number of nitrogens with zero attached hydrogens (tertiary/aromatic N) is 1. The third kappa shape index (κ3) is 4.68. The highest BCUT2D eigenvalue weighted by Crippen LogP contribution is 2.26. The molecule has 0 saturated carbocycles. The topological polar surface area (TPSA) is 84.2 Å². The first-order chi connectivity index (χ1) is 11.7. The Kier molecular flexibility index (Phi) is 5.62. The van der Waals surface area contributed by atoms with Crippen LogP contribution < -0.4 is 10.6 Å². The van der Waals surface area contributed by atoms with Crippen LogP contribution >= 0.6 is 0 Å². The van der Waals surface area contributed by atoms with Crippen LogP contribution in [0.2, 0.25) is 0 Å². The highest BCUT2D eigenvalue weighted by molar-refractivity contribution is 5.99. The Balaban J connectivity index is 1.97. The molecule has 1 heterocycles. The maximum absolute atomic E-state index is 12.4. The lowest BCUT2D eigenvalue weighted by Gasteiger charge is -2.26. The molecule has 2 amide bonds. The van der Waals surface area contributed by atoms with Gasteiger partial charge in [-0.25, -0.2) is 0 Å². The molecule has 0 aliphatic rings. The predicted molar refractivity (Wildman–Crippen MR) is 96.3 cm³/mol. The Morgan fingerprint density at radius 3 is 2.40 bits per heavy atom. The summed E-state index contributed by atoms with van der Waals surface area (Å²) in [4.78, 5) is 24.8. The molecule has 0 spiro atoms. The lowest BCUT2D eigenvalue weighted by atomic mass is 9.95.